The third-order valence-corrected chi connectivity index (χ3v) is 4.87. The van der Waals surface area contributed by atoms with Gasteiger partial charge in [-0.1, -0.05) is 20.8 Å². The lowest BCUT2D eigenvalue weighted by molar-refractivity contribution is -0.141. The number of anilines is 1. The Hall–Kier alpha value is -1.83. The van der Waals surface area contributed by atoms with Gasteiger partial charge < -0.3 is 16.0 Å². The van der Waals surface area contributed by atoms with Gasteiger partial charge in [0, 0.05) is 42.5 Å². The van der Waals surface area contributed by atoms with E-state index < -0.39 is 29.2 Å². The number of carbonyl (C=O) groups excluding carboxylic acids is 1. The van der Waals surface area contributed by atoms with Gasteiger partial charge in [0.15, 0.2) is 0 Å². The second-order valence-corrected chi connectivity index (χ2v) is 8.32. The number of aromatic nitrogens is 1. The average Bonchev–Trinajstić information content (AvgIpc) is 3.00. The molecule has 1 spiro atoms. The second kappa shape index (κ2) is 5.59. The van der Waals surface area contributed by atoms with Crippen LogP contribution in [0, 0.1) is 5.41 Å². The molecule has 1 amide bonds. The SMILES string of the molecule is CC(C)(C)CN1CC2(CNC(C(N)=O)C2)c2cnc(C(F)(F)F)cc21. The van der Waals surface area contributed by atoms with E-state index >= 15 is 0 Å². The molecule has 5 nitrogen and oxygen atoms in total. The van der Waals surface area contributed by atoms with Crippen LogP contribution >= 0.6 is 0 Å². The van der Waals surface area contributed by atoms with Gasteiger partial charge in [0.1, 0.15) is 5.69 Å². The van der Waals surface area contributed by atoms with Gasteiger partial charge in [0.2, 0.25) is 5.91 Å². The quantitative estimate of drug-likeness (QED) is 0.851. The first-order chi connectivity index (χ1) is 11.4. The molecule has 0 saturated carbocycles. The number of nitrogens with one attached hydrogen (secondary N) is 1. The molecule has 0 radical (unpaired) electrons. The summed E-state index contributed by atoms with van der Waals surface area (Å²) in [5.74, 6) is -0.437. The van der Waals surface area contributed by atoms with Crippen LogP contribution in [0.15, 0.2) is 12.3 Å². The molecular weight excluding hydrogens is 333 g/mol. The molecule has 2 aliphatic heterocycles. The molecule has 1 aromatic heterocycles. The summed E-state index contributed by atoms with van der Waals surface area (Å²) in [5.41, 5.74) is 5.32. The smallest absolute Gasteiger partial charge is 0.370 e. The van der Waals surface area contributed by atoms with Gasteiger partial charge in [0.05, 0.1) is 6.04 Å². The van der Waals surface area contributed by atoms with Crippen molar-refractivity contribution < 1.29 is 18.0 Å². The zero-order valence-corrected chi connectivity index (χ0v) is 14.6. The van der Waals surface area contributed by atoms with E-state index in [1.54, 1.807) is 0 Å². The molecule has 8 heteroatoms. The van der Waals surface area contributed by atoms with Crippen molar-refractivity contribution in [3.8, 4) is 0 Å². The number of pyridine rings is 1. The van der Waals surface area contributed by atoms with E-state index in [1.807, 2.05) is 25.7 Å². The standard InChI is InChI=1S/C17H23F3N4O/c1-15(2,3)8-24-9-16(5-11(14(21)25)23-7-16)10-6-22-13(4-12(10)24)17(18,19)20/h4,6,11,23H,5,7-9H2,1-3H3,(H2,21,25). The molecule has 0 aliphatic carbocycles. The molecule has 25 heavy (non-hydrogen) atoms. The van der Waals surface area contributed by atoms with Gasteiger partial charge in [-0.05, 0) is 17.9 Å². The molecule has 3 rings (SSSR count). The number of halogens is 3. The number of amides is 1. The minimum atomic E-state index is -4.48. The Labute approximate surface area is 144 Å². The maximum Gasteiger partial charge on any atom is 0.433 e. The van der Waals surface area contributed by atoms with Gasteiger partial charge in [-0.3, -0.25) is 9.78 Å². The van der Waals surface area contributed by atoms with E-state index in [-0.39, 0.29) is 5.41 Å². The number of primary amides is 1. The van der Waals surface area contributed by atoms with E-state index in [1.165, 1.54) is 6.20 Å². The first-order valence-corrected chi connectivity index (χ1v) is 8.27. The Morgan fingerprint density at radius 2 is 2.12 bits per heavy atom. The highest BCUT2D eigenvalue weighted by Gasteiger charge is 2.50. The Balaban J connectivity index is 2.03. The Morgan fingerprint density at radius 1 is 1.44 bits per heavy atom. The van der Waals surface area contributed by atoms with Gasteiger partial charge in [-0.25, -0.2) is 0 Å². The highest BCUT2D eigenvalue weighted by Crippen LogP contribution is 2.47. The Bertz CT molecular complexity index is 698. The molecule has 0 bridgehead atoms. The van der Waals surface area contributed by atoms with Crippen LogP contribution in [0.1, 0.15) is 38.4 Å². The average molecular weight is 356 g/mol. The summed E-state index contributed by atoms with van der Waals surface area (Å²) in [4.78, 5) is 17.2. The van der Waals surface area contributed by atoms with Gasteiger partial charge in [-0.15, -0.1) is 0 Å². The van der Waals surface area contributed by atoms with E-state index in [0.29, 0.717) is 31.7 Å². The van der Waals surface area contributed by atoms with Crippen molar-refractivity contribution in [3.63, 3.8) is 0 Å². The number of hydrogen-bond donors (Lipinski definition) is 2. The van der Waals surface area contributed by atoms with E-state index in [0.717, 1.165) is 11.6 Å². The van der Waals surface area contributed by atoms with Crippen LogP contribution in [-0.4, -0.2) is 36.6 Å². The monoisotopic (exact) mass is 356 g/mol. The summed E-state index contributed by atoms with van der Waals surface area (Å²) in [6.07, 6.45) is -2.68. The van der Waals surface area contributed by atoms with Crippen LogP contribution < -0.4 is 16.0 Å². The van der Waals surface area contributed by atoms with E-state index in [2.05, 4.69) is 10.3 Å². The van der Waals surface area contributed by atoms with Gasteiger partial charge >= 0.3 is 6.18 Å². The molecule has 3 N–H and O–H groups in total. The number of carbonyl (C=O) groups is 1. The van der Waals surface area contributed by atoms with Crippen molar-refractivity contribution in [3.05, 3.63) is 23.5 Å². The van der Waals surface area contributed by atoms with Crippen molar-refractivity contribution >= 4 is 11.6 Å². The maximum absolute atomic E-state index is 13.1. The third kappa shape index (κ3) is 3.31. The topological polar surface area (TPSA) is 71.2 Å². The summed E-state index contributed by atoms with van der Waals surface area (Å²) >= 11 is 0. The zero-order chi connectivity index (χ0) is 18.6. The highest BCUT2D eigenvalue weighted by atomic mass is 19.4. The molecule has 2 aliphatic rings. The predicted molar refractivity (Wildman–Crippen MR) is 88.2 cm³/mol. The minimum Gasteiger partial charge on any atom is -0.370 e. The normalized spacial score (nSPS) is 26.3. The fraction of sp³-hybridized carbons (Fsp3) is 0.647. The zero-order valence-electron chi connectivity index (χ0n) is 14.6. The molecule has 2 atom stereocenters. The number of hydrogen-bond acceptors (Lipinski definition) is 4. The van der Waals surface area contributed by atoms with Gasteiger partial charge in [-0.2, -0.15) is 13.2 Å². The molecule has 2 unspecified atom stereocenters. The lowest BCUT2D eigenvalue weighted by atomic mass is 9.81. The molecule has 138 valence electrons. The summed E-state index contributed by atoms with van der Waals surface area (Å²) in [7, 11) is 0. The molecule has 1 aromatic rings. The number of nitrogens with zero attached hydrogens (tertiary/aromatic N) is 2. The predicted octanol–water partition coefficient (Wildman–Crippen LogP) is 2.05. The summed E-state index contributed by atoms with van der Waals surface area (Å²) in [6.45, 7) is 7.80. The Kier molecular flexibility index (Phi) is 4.02. The van der Waals surface area contributed by atoms with Crippen LogP contribution in [0.4, 0.5) is 18.9 Å². The van der Waals surface area contributed by atoms with Crippen LogP contribution in [0.25, 0.3) is 0 Å². The fourth-order valence-electron chi connectivity index (χ4n) is 3.90. The molecule has 1 saturated heterocycles. The van der Waals surface area contributed by atoms with E-state index in [9.17, 15) is 18.0 Å². The third-order valence-electron chi connectivity index (χ3n) is 4.87. The molecular formula is C17H23F3N4O. The first kappa shape index (κ1) is 18.0. The number of alkyl halides is 3. The van der Waals surface area contributed by atoms with Crippen LogP contribution in [-0.2, 0) is 16.4 Å². The number of rotatable bonds is 2. The molecule has 0 aromatic carbocycles. The first-order valence-electron chi connectivity index (χ1n) is 8.27. The van der Waals surface area contributed by atoms with Crippen molar-refractivity contribution in [2.45, 2.75) is 44.8 Å². The van der Waals surface area contributed by atoms with Crippen molar-refractivity contribution in [1.82, 2.24) is 10.3 Å². The van der Waals surface area contributed by atoms with Crippen molar-refractivity contribution in [2.75, 3.05) is 24.5 Å². The van der Waals surface area contributed by atoms with Crippen LogP contribution in [0.5, 0.6) is 0 Å². The molecule has 1 fully saturated rings. The number of fused-ring (bicyclic) bond motifs is 2. The lowest BCUT2D eigenvalue weighted by Crippen LogP contribution is -2.38. The second-order valence-electron chi connectivity index (χ2n) is 8.32. The van der Waals surface area contributed by atoms with Crippen molar-refractivity contribution in [1.29, 1.82) is 0 Å². The van der Waals surface area contributed by atoms with E-state index in [4.69, 9.17) is 5.73 Å². The highest BCUT2D eigenvalue weighted by molar-refractivity contribution is 5.81. The summed E-state index contributed by atoms with van der Waals surface area (Å²) in [5, 5.41) is 3.11. The number of nitrogens with two attached hydrogens (primary N) is 1. The van der Waals surface area contributed by atoms with Gasteiger partial charge in [0.25, 0.3) is 0 Å². The minimum absolute atomic E-state index is 0.0837. The van der Waals surface area contributed by atoms with Crippen LogP contribution in [0.3, 0.4) is 0 Å². The van der Waals surface area contributed by atoms with Crippen LogP contribution in [0.2, 0.25) is 0 Å². The molecule has 3 heterocycles. The summed E-state index contributed by atoms with van der Waals surface area (Å²) < 4.78 is 39.3. The fourth-order valence-corrected chi connectivity index (χ4v) is 3.90. The Morgan fingerprint density at radius 3 is 2.64 bits per heavy atom. The maximum atomic E-state index is 13.1. The largest absolute Gasteiger partial charge is 0.433 e. The van der Waals surface area contributed by atoms with Crippen molar-refractivity contribution in [2.24, 2.45) is 11.1 Å². The summed E-state index contributed by atoms with van der Waals surface area (Å²) in [6, 6.07) is 0.665. The lowest BCUT2D eigenvalue weighted by Gasteiger charge is -2.30.